The summed E-state index contributed by atoms with van der Waals surface area (Å²) >= 11 is 1.33. The van der Waals surface area contributed by atoms with Crippen molar-refractivity contribution in [3.63, 3.8) is 0 Å². The predicted octanol–water partition coefficient (Wildman–Crippen LogP) is 3.23. The van der Waals surface area contributed by atoms with Crippen molar-refractivity contribution in [2.75, 3.05) is 11.9 Å². The quantitative estimate of drug-likeness (QED) is 0.721. The molecule has 0 spiro atoms. The highest BCUT2D eigenvalue weighted by molar-refractivity contribution is 7.14. The zero-order valence-electron chi connectivity index (χ0n) is 14.2. The van der Waals surface area contributed by atoms with Crippen LogP contribution in [0.4, 0.5) is 10.2 Å². The maximum atomic E-state index is 13.9. The fraction of sp³-hybridized carbons (Fsp3) is 0.222. The van der Waals surface area contributed by atoms with Crippen molar-refractivity contribution in [3.05, 3.63) is 64.0 Å². The molecule has 4 heterocycles. The Morgan fingerprint density at radius 1 is 1.26 bits per heavy atom. The minimum absolute atomic E-state index is 0.0191. The fourth-order valence-electron chi connectivity index (χ4n) is 3.17. The zero-order valence-corrected chi connectivity index (χ0v) is 15.0. The van der Waals surface area contributed by atoms with Gasteiger partial charge in [0.25, 0.3) is 11.8 Å². The SMILES string of the molecule is O=C(Nc1ccn[nH]1)c1ccc([C@@H]2CCCN2C(=O)c2ccncc2F)s1. The second kappa shape index (κ2) is 7.28. The molecule has 138 valence electrons. The summed E-state index contributed by atoms with van der Waals surface area (Å²) in [5.41, 5.74) is 0.0191. The first-order chi connectivity index (χ1) is 13.1. The Morgan fingerprint density at radius 3 is 2.93 bits per heavy atom. The number of carbonyl (C=O) groups excluding carboxylic acids is 2. The Hall–Kier alpha value is -3.07. The molecule has 0 unspecified atom stereocenters. The summed E-state index contributed by atoms with van der Waals surface area (Å²) in [4.78, 5) is 31.9. The smallest absolute Gasteiger partial charge is 0.266 e. The molecular weight excluding hydrogens is 369 g/mol. The third-order valence-corrected chi connectivity index (χ3v) is 5.63. The topological polar surface area (TPSA) is 91.0 Å². The lowest BCUT2D eigenvalue weighted by atomic mass is 10.1. The van der Waals surface area contributed by atoms with Crippen molar-refractivity contribution in [2.45, 2.75) is 18.9 Å². The van der Waals surface area contributed by atoms with Crippen LogP contribution in [-0.2, 0) is 0 Å². The van der Waals surface area contributed by atoms with E-state index in [4.69, 9.17) is 0 Å². The number of rotatable bonds is 4. The van der Waals surface area contributed by atoms with E-state index in [0.717, 1.165) is 23.9 Å². The predicted molar refractivity (Wildman–Crippen MR) is 98.1 cm³/mol. The number of thiophene rings is 1. The van der Waals surface area contributed by atoms with Crippen LogP contribution >= 0.6 is 11.3 Å². The largest absolute Gasteiger partial charge is 0.331 e. The van der Waals surface area contributed by atoms with Gasteiger partial charge in [0.15, 0.2) is 5.82 Å². The first-order valence-electron chi connectivity index (χ1n) is 8.44. The van der Waals surface area contributed by atoms with Crippen molar-refractivity contribution >= 4 is 29.0 Å². The van der Waals surface area contributed by atoms with Gasteiger partial charge in [-0.05, 0) is 31.0 Å². The van der Waals surface area contributed by atoms with Gasteiger partial charge in [0.05, 0.1) is 28.9 Å². The number of pyridine rings is 1. The monoisotopic (exact) mass is 385 g/mol. The summed E-state index contributed by atoms with van der Waals surface area (Å²) in [6.07, 6.45) is 5.61. The summed E-state index contributed by atoms with van der Waals surface area (Å²) < 4.78 is 13.9. The molecule has 3 aromatic heterocycles. The summed E-state index contributed by atoms with van der Waals surface area (Å²) in [6.45, 7) is 0.554. The molecule has 0 aromatic carbocycles. The number of amides is 2. The van der Waals surface area contributed by atoms with Gasteiger partial charge in [-0.25, -0.2) is 4.39 Å². The third kappa shape index (κ3) is 3.45. The number of hydrogen-bond donors (Lipinski definition) is 2. The lowest BCUT2D eigenvalue weighted by molar-refractivity contribution is 0.0732. The van der Waals surface area contributed by atoms with Gasteiger partial charge in [0.1, 0.15) is 5.82 Å². The van der Waals surface area contributed by atoms with Crippen LogP contribution in [0.25, 0.3) is 0 Å². The van der Waals surface area contributed by atoms with E-state index in [2.05, 4.69) is 20.5 Å². The summed E-state index contributed by atoms with van der Waals surface area (Å²) in [7, 11) is 0. The van der Waals surface area contributed by atoms with E-state index in [0.29, 0.717) is 17.2 Å². The zero-order chi connectivity index (χ0) is 18.8. The van der Waals surface area contributed by atoms with Crippen LogP contribution < -0.4 is 5.32 Å². The molecule has 0 bridgehead atoms. The van der Waals surface area contributed by atoms with Crippen LogP contribution in [0.5, 0.6) is 0 Å². The van der Waals surface area contributed by atoms with Gasteiger partial charge < -0.3 is 10.2 Å². The van der Waals surface area contributed by atoms with Crippen LogP contribution in [-0.4, -0.2) is 38.4 Å². The van der Waals surface area contributed by atoms with E-state index < -0.39 is 5.82 Å². The molecule has 1 aliphatic heterocycles. The van der Waals surface area contributed by atoms with Gasteiger partial charge in [-0.1, -0.05) is 0 Å². The molecule has 1 atom stereocenters. The Bertz CT molecular complexity index is 972. The average molecular weight is 385 g/mol. The van der Waals surface area contributed by atoms with Gasteiger partial charge in [0.2, 0.25) is 0 Å². The molecule has 0 radical (unpaired) electrons. The molecule has 27 heavy (non-hydrogen) atoms. The Balaban J connectivity index is 1.53. The second-order valence-corrected chi connectivity index (χ2v) is 7.25. The molecule has 0 aliphatic carbocycles. The summed E-state index contributed by atoms with van der Waals surface area (Å²) in [5.74, 6) is -0.708. The number of H-pyrrole nitrogens is 1. The van der Waals surface area contributed by atoms with E-state index in [1.165, 1.54) is 23.6 Å². The molecule has 4 rings (SSSR count). The first kappa shape index (κ1) is 17.3. The standard InChI is InChI=1S/C18H16FN5O2S/c19-12-10-20-7-5-11(12)18(26)24-9-1-2-13(24)14-3-4-15(27-14)17(25)22-16-6-8-21-23-16/h3-8,10,13H,1-2,9H2,(H2,21,22,23,25)/t13-/m0/s1. The molecule has 2 N–H and O–H groups in total. The van der Waals surface area contributed by atoms with Crippen LogP contribution in [0.3, 0.4) is 0 Å². The normalized spacial score (nSPS) is 16.5. The Labute approximate surface area is 158 Å². The molecule has 0 saturated carbocycles. The molecule has 1 saturated heterocycles. The lowest BCUT2D eigenvalue weighted by Gasteiger charge is -2.24. The van der Waals surface area contributed by atoms with E-state index in [9.17, 15) is 14.0 Å². The van der Waals surface area contributed by atoms with Crippen LogP contribution in [0.2, 0.25) is 0 Å². The minimum atomic E-state index is -0.626. The molecule has 7 nitrogen and oxygen atoms in total. The molecular formula is C18H16FN5O2S. The number of likely N-dealkylation sites (tertiary alicyclic amines) is 1. The first-order valence-corrected chi connectivity index (χ1v) is 9.26. The van der Waals surface area contributed by atoms with Crippen molar-refractivity contribution in [1.82, 2.24) is 20.1 Å². The number of nitrogens with zero attached hydrogens (tertiary/aromatic N) is 3. The molecule has 9 heteroatoms. The van der Waals surface area contributed by atoms with E-state index in [1.807, 2.05) is 6.07 Å². The molecule has 1 fully saturated rings. The summed E-state index contributed by atoms with van der Waals surface area (Å²) in [5, 5.41) is 9.19. The van der Waals surface area contributed by atoms with Gasteiger partial charge in [-0.3, -0.25) is 19.7 Å². The highest BCUT2D eigenvalue weighted by Crippen LogP contribution is 2.37. The third-order valence-electron chi connectivity index (χ3n) is 4.44. The molecule has 1 aliphatic rings. The number of hydrogen-bond acceptors (Lipinski definition) is 5. The van der Waals surface area contributed by atoms with Crippen molar-refractivity contribution < 1.29 is 14.0 Å². The van der Waals surface area contributed by atoms with Crippen molar-refractivity contribution in [3.8, 4) is 0 Å². The van der Waals surface area contributed by atoms with Crippen LogP contribution in [0.1, 0.15) is 43.8 Å². The van der Waals surface area contributed by atoms with Gasteiger partial charge >= 0.3 is 0 Å². The Kier molecular flexibility index (Phi) is 4.68. The highest BCUT2D eigenvalue weighted by atomic mass is 32.1. The average Bonchev–Trinajstić information content (AvgIpc) is 3.41. The second-order valence-electron chi connectivity index (χ2n) is 6.14. The van der Waals surface area contributed by atoms with Crippen LogP contribution in [0.15, 0.2) is 42.9 Å². The lowest BCUT2D eigenvalue weighted by Crippen LogP contribution is -2.30. The number of anilines is 1. The van der Waals surface area contributed by atoms with E-state index in [1.54, 1.807) is 23.2 Å². The van der Waals surface area contributed by atoms with E-state index in [-0.39, 0.29) is 23.4 Å². The molecule has 3 aromatic rings. The van der Waals surface area contributed by atoms with Gasteiger partial charge in [-0.2, -0.15) is 5.10 Å². The highest BCUT2D eigenvalue weighted by Gasteiger charge is 2.33. The number of nitrogens with one attached hydrogen (secondary N) is 2. The van der Waals surface area contributed by atoms with Crippen LogP contribution in [0, 0.1) is 5.82 Å². The minimum Gasteiger partial charge on any atom is -0.331 e. The van der Waals surface area contributed by atoms with Crippen molar-refractivity contribution in [1.29, 1.82) is 0 Å². The Morgan fingerprint density at radius 2 is 2.15 bits per heavy atom. The van der Waals surface area contributed by atoms with Gasteiger partial charge in [-0.15, -0.1) is 11.3 Å². The van der Waals surface area contributed by atoms with Crippen molar-refractivity contribution in [2.24, 2.45) is 0 Å². The maximum absolute atomic E-state index is 13.9. The number of halogens is 1. The number of aromatic nitrogens is 3. The fourth-order valence-corrected chi connectivity index (χ4v) is 4.22. The number of carbonyl (C=O) groups is 2. The summed E-state index contributed by atoms with van der Waals surface area (Å²) in [6, 6.07) is 6.48. The number of aromatic amines is 1. The molecule has 2 amide bonds. The van der Waals surface area contributed by atoms with Gasteiger partial charge in [0, 0.05) is 23.7 Å². The maximum Gasteiger partial charge on any atom is 0.266 e. The van der Waals surface area contributed by atoms with E-state index >= 15 is 0 Å².